The number of fused-ring (bicyclic) bond motifs is 1. The van der Waals surface area contributed by atoms with E-state index in [0.29, 0.717) is 6.04 Å². The number of aryl methyl sites for hydroxylation is 1. The van der Waals surface area contributed by atoms with Gasteiger partial charge in [-0.1, -0.05) is 36.7 Å². The molecule has 1 aromatic carbocycles. The lowest BCUT2D eigenvalue weighted by Crippen LogP contribution is -2.38. The molecule has 0 aromatic heterocycles. The molecule has 0 aliphatic carbocycles. The molecule has 1 unspecified atom stereocenters. The lowest BCUT2D eigenvalue weighted by atomic mass is 9.83. The Morgan fingerprint density at radius 2 is 2.11 bits per heavy atom. The van der Waals surface area contributed by atoms with E-state index >= 15 is 0 Å². The molecule has 1 heterocycles. The van der Waals surface area contributed by atoms with Crippen LogP contribution in [0, 0.1) is 5.41 Å². The van der Waals surface area contributed by atoms with Gasteiger partial charge in [0.05, 0.1) is 6.61 Å². The van der Waals surface area contributed by atoms with Crippen LogP contribution in [0.15, 0.2) is 16.6 Å². The zero-order valence-electron chi connectivity index (χ0n) is 12.3. The third kappa shape index (κ3) is 3.51. The van der Waals surface area contributed by atoms with Crippen LogP contribution in [0.1, 0.15) is 38.3 Å². The van der Waals surface area contributed by atoms with Crippen LogP contribution in [0.2, 0.25) is 0 Å². The van der Waals surface area contributed by atoms with Gasteiger partial charge in [-0.3, -0.25) is 0 Å². The highest BCUT2D eigenvalue weighted by atomic mass is 79.9. The van der Waals surface area contributed by atoms with Crippen molar-refractivity contribution in [2.75, 3.05) is 13.7 Å². The molecular formula is C16H24BrNO. The summed E-state index contributed by atoms with van der Waals surface area (Å²) in [6.07, 6.45) is 3.23. The summed E-state index contributed by atoms with van der Waals surface area (Å²) in [6.45, 7) is 7.69. The third-order valence-electron chi connectivity index (χ3n) is 3.92. The first-order chi connectivity index (χ1) is 8.91. The Morgan fingerprint density at radius 1 is 1.37 bits per heavy atom. The van der Waals surface area contributed by atoms with Gasteiger partial charge in [0.1, 0.15) is 5.75 Å². The Labute approximate surface area is 125 Å². The van der Waals surface area contributed by atoms with Gasteiger partial charge in [0.25, 0.3) is 0 Å². The summed E-state index contributed by atoms with van der Waals surface area (Å²) in [4.78, 5) is 0. The zero-order chi connectivity index (χ0) is 14.0. The molecule has 2 nitrogen and oxygen atoms in total. The zero-order valence-corrected chi connectivity index (χ0v) is 13.9. The van der Waals surface area contributed by atoms with E-state index in [1.165, 1.54) is 15.6 Å². The summed E-state index contributed by atoms with van der Waals surface area (Å²) >= 11 is 3.61. The van der Waals surface area contributed by atoms with E-state index in [1.54, 1.807) is 0 Å². The molecule has 0 spiro atoms. The summed E-state index contributed by atoms with van der Waals surface area (Å²) < 4.78 is 6.96. The standard InChI is InChI=1S/C16H24BrNO/c1-16(2,3)14(18-4)6-5-11-9-13(17)10-12-7-8-19-15(11)12/h9-10,14,18H,5-8H2,1-4H3. The first kappa shape index (κ1) is 14.9. The van der Waals surface area contributed by atoms with Crippen LogP contribution in [-0.4, -0.2) is 19.7 Å². The van der Waals surface area contributed by atoms with Gasteiger partial charge in [-0.15, -0.1) is 0 Å². The molecule has 0 radical (unpaired) electrons. The first-order valence-corrected chi connectivity index (χ1v) is 7.82. The van der Waals surface area contributed by atoms with Gasteiger partial charge in [-0.05, 0) is 48.6 Å². The van der Waals surface area contributed by atoms with Crippen molar-refractivity contribution in [1.29, 1.82) is 0 Å². The Morgan fingerprint density at radius 3 is 2.74 bits per heavy atom. The monoisotopic (exact) mass is 325 g/mol. The second-order valence-corrected chi connectivity index (χ2v) is 7.31. The molecule has 19 heavy (non-hydrogen) atoms. The topological polar surface area (TPSA) is 21.3 Å². The maximum atomic E-state index is 5.79. The average Bonchev–Trinajstić information content (AvgIpc) is 2.75. The number of rotatable bonds is 4. The van der Waals surface area contributed by atoms with Crippen molar-refractivity contribution in [2.45, 2.75) is 46.1 Å². The number of halogens is 1. The summed E-state index contributed by atoms with van der Waals surface area (Å²) in [5.41, 5.74) is 2.97. The fraction of sp³-hybridized carbons (Fsp3) is 0.625. The van der Waals surface area contributed by atoms with Crippen molar-refractivity contribution in [3.8, 4) is 5.75 Å². The van der Waals surface area contributed by atoms with Gasteiger partial charge in [-0.25, -0.2) is 0 Å². The third-order valence-corrected chi connectivity index (χ3v) is 4.38. The van der Waals surface area contributed by atoms with Crippen LogP contribution >= 0.6 is 15.9 Å². The first-order valence-electron chi connectivity index (χ1n) is 7.03. The smallest absolute Gasteiger partial charge is 0.125 e. The second-order valence-electron chi connectivity index (χ2n) is 6.40. The Balaban J connectivity index is 2.12. The average molecular weight is 326 g/mol. The lowest BCUT2D eigenvalue weighted by molar-refractivity contribution is 0.266. The molecule has 1 aliphatic heterocycles. The maximum absolute atomic E-state index is 5.79. The SMILES string of the molecule is CNC(CCc1cc(Br)cc2c1OCC2)C(C)(C)C. The van der Waals surface area contributed by atoms with Gasteiger partial charge in [0.2, 0.25) is 0 Å². The Bertz CT molecular complexity index is 451. The number of hydrogen-bond acceptors (Lipinski definition) is 2. The number of nitrogens with one attached hydrogen (secondary N) is 1. The molecular weight excluding hydrogens is 302 g/mol. The Kier molecular flexibility index (Phi) is 4.57. The van der Waals surface area contributed by atoms with E-state index in [4.69, 9.17) is 4.74 Å². The second kappa shape index (κ2) is 5.84. The predicted molar refractivity (Wildman–Crippen MR) is 84.0 cm³/mol. The Hall–Kier alpha value is -0.540. The quantitative estimate of drug-likeness (QED) is 0.904. The van der Waals surface area contributed by atoms with Crippen LogP contribution in [-0.2, 0) is 12.8 Å². The lowest BCUT2D eigenvalue weighted by Gasteiger charge is -2.30. The summed E-state index contributed by atoms with van der Waals surface area (Å²) in [7, 11) is 2.05. The normalized spacial score (nSPS) is 16.1. The van der Waals surface area contributed by atoms with E-state index in [1.807, 2.05) is 0 Å². The van der Waals surface area contributed by atoms with Crippen LogP contribution in [0.5, 0.6) is 5.75 Å². The fourth-order valence-corrected chi connectivity index (χ4v) is 3.39. The fourth-order valence-electron chi connectivity index (χ4n) is 2.84. The van der Waals surface area contributed by atoms with Gasteiger partial charge < -0.3 is 10.1 Å². The van der Waals surface area contributed by atoms with E-state index in [9.17, 15) is 0 Å². The van der Waals surface area contributed by atoms with Crippen LogP contribution in [0.3, 0.4) is 0 Å². The van der Waals surface area contributed by atoms with Crippen LogP contribution < -0.4 is 10.1 Å². The molecule has 3 heteroatoms. The molecule has 0 fully saturated rings. The molecule has 0 saturated heterocycles. The van der Waals surface area contributed by atoms with Gasteiger partial charge in [0.15, 0.2) is 0 Å². The maximum Gasteiger partial charge on any atom is 0.125 e. The highest BCUT2D eigenvalue weighted by Gasteiger charge is 2.24. The molecule has 1 atom stereocenters. The van der Waals surface area contributed by atoms with Crippen molar-refractivity contribution in [3.63, 3.8) is 0 Å². The van der Waals surface area contributed by atoms with E-state index in [-0.39, 0.29) is 5.41 Å². The molecule has 0 amide bonds. The van der Waals surface area contributed by atoms with Crippen LogP contribution in [0.25, 0.3) is 0 Å². The van der Waals surface area contributed by atoms with Crippen molar-refractivity contribution in [3.05, 3.63) is 27.7 Å². The molecule has 1 aromatic rings. The van der Waals surface area contributed by atoms with E-state index in [2.05, 4.69) is 61.2 Å². The minimum Gasteiger partial charge on any atom is -0.493 e. The van der Waals surface area contributed by atoms with Gasteiger partial charge in [0, 0.05) is 16.9 Å². The number of ether oxygens (including phenoxy) is 1. The van der Waals surface area contributed by atoms with Gasteiger partial charge >= 0.3 is 0 Å². The number of hydrogen-bond donors (Lipinski definition) is 1. The molecule has 1 N–H and O–H groups in total. The predicted octanol–water partition coefficient (Wildman–Crippen LogP) is 3.95. The highest BCUT2D eigenvalue weighted by molar-refractivity contribution is 9.10. The molecule has 0 saturated carbocycles. The largest absolute Gasteiger partial charge is 0.493 e. The highest BCUT2D eigenvalue weighted by Crippen LogP contribution is 2.34. The minimum atomic E-state index is 0.283. The van der Waals surface area contributed by atoms with Crippen LogP contribution in [0.4, 0.5) is 0 Å². The summed E-state index contributed by atoms with van der Waals surface area (Å²) in [5, 5.41) is 3.44. The van der Waals surface area contributed by atoms with E-state index in [0.717, 1.165) is 31.6 Å². The summed E-state index contributed by atoms with van der Waals surface area (Å²) in [5.74, 6) is 1.13. The molecule has 0 bridgehead atoms. The van der Waals surface area contributed by atoms with Crippen molar-refractivity contribution in [1.82, 2.24) is 5.32 Å². The van der Waals surface area contributed by atoms with Crippen molar-refractivity contribution >= 4 is 15.9 Å². The van der Waals surface area contributed by atoms with E-state index < -0.39 is 0 Å². The minimum absolute atomic E-state index is 0.283. The van der Waals surface area contributed by atoms with Crippen molar-refractivity contribution in [2.24, 2.45) is 5.41 Å². The molecule has 1 aliphatic rings. The molecule has 2 rings (SSSR count). The molecule has 106 valence electrons. The number of benzene rings is 1. The van der Waals surface area contributed by atoms with Crippen molar-refractivity contribution < 1.29 is 4.74 Å². The van der Waals surface area contributed by atoms with Gasteiger partial charge in [-0.2, -0.15) is 0 Å². The summed E-state index contributed by atoms with van der Waals surface area (Å²) in [6, 6.07) is 4.91.